The van der Waals surface area contributed by atoms with Crippen molar-refractivity contribution in [3.05, 3.63) is 5.33 Å². The van der Waals surface area contributed by atoms with Gasteiger partial charge in [-0.3, -0.25) is 0 Å². The first-order valence-electron chi connectivity index (χ1n) is 2.74. The highest BCUT2D eigenvalue weighted by Crippen LogP contribution is 2.17. The topological polar surface area (TPSA) is 0 Å². The molecule has 8 heavy (non-hydrogen) atoms. The Kier molecular flexibility index (Phi) is 5.38. The quantitative estimate of drug-likeness (QED) is 0.666. The van der Waals surface area contributed by atoms with Gasteiger partial charge in [0.1, 0.15) is 0 Å². The largest absolute Gasteiger partial charge is 0.0878 e. The van der Waals surface area contributed by atoms with Crippen LogP contribution in [0.3, 0.4) is 0 Å². The van der Waals surface area contributed by atoms with Crippen molar-refractivity contribution in [3.8, 4) is 0 Å². The van der Waals surface area contributed by atoms with E-state index in [2.05, 4.69) is 45.7 Å². The van der Waals surface area contributed by atoms with Crippen LogP contribution >= 0.6 is 31.9 Å². The summed E-state index contributed by atoms with van der Waals surface area (Å²) >= 11 is 6.75. The third-order valence-electron chi connectivity index (χ3n) is 0.833. The van der Waals surface area contributed by atoms with Crippen LogP contribution in [0.5, 0.6) is 0 Å². The average molecular weight is 243 g/mol. The number of alkyl halides is 1. The van der Waals surface area contributed by atoms with Gasteiger partial charge in [0.25, 0.3) is 0 Å². The zero-order chi connectivity index (χ0) is 6.57. The normalized spacial score (nSPS) is 14.6. The fourth-order valence-corrected chi connectivity index (χ4v) is 1.47. The lowest BCUT2D eigenvalue weighted by atomic mass is 10.1. The van der Waals surface area contributed by atoms with Crippen molar-refractivity contribution in [3.63, 3.8) is 0 Å². The standard InChI is InChI=1S/C6H11Br2/c1-5(2)3-6(8)4-7/h4-6H,3H2,1-2H3. The summed E-state index contributed by atoms with van der Waals surface area (Å²) in [5.74, 6) is 0.771. The van der Waals surface area contributed by atoms with E-state index in [0.717, 1.165) is 5.92 Å². The van der Waals surface area contributed by atoms with Gasteiger partial charge < -0.3 is 0 Å². The highest BCUT2D eigenvalue weighted by molar-refractivity contribution is 9.13. The molecule has 0 saturated carbocycles. The van der Waals surface area contributed by atoms with Crippen molar-refractivity contribution in [2.75, 3.05) is 0 Å². The molecule has 0 bridgehead atoms. The molecule has 0 saturated heterocycles. The van der Waals surface area contributed by atoms with Crippen molar-refractivity contribution in [1.82, 2.24) is 0 Å². The second-order valence-corrected chi connectivity index (χ2v) is 3.98. The van der Waals surface area contributed by atoms with Gasteiger partial charge in [-0.1, -0.05) is 45.7 Å². The number of hydrogen-bond donors (Lipinski definition) is 0. The van der Waals surface area contributed by atoms with Crippen LogP contribution in [-0.2, 0) is 0 Å². The molecular weight excluding hydrogens is 232 g/mol. The van der Waals surface area contributed by atoms with Gasteiger partial charge in [-0.05, 0) is 12.3 Å². The first-order chi connectivity index (χ1) is 3.66. The first-order valence-corrected chi connectivity index (χ1v) is 4.57. The predicted molar refractivity (Wildman–Crippen MR) is 45.4 cm³/mol. The molecule has 2 heteroatoms. The van der Waals surface area contributed by atoms with Gasteiger partial charge in [0.05, 0.1) is 0 Å². The minimum absolute atomic E-state index is 0.530. The molecule has 1 unspecified atom stereocenters. The Bertz CT molecular complexity index is 52.5. The van der Waals surface area contributed by atoms with E-state index < -0.39 is 0 Å². The molecule has 0 N–H and O–H groups in total. The van der Waals surface area contributed by atoms with Gasteiger partial charge in [-0.15, -0.1) is 0 Å². The fourth-order valence-electron chi connectivity index (χ4n) is 0.502. The fraction of sp³-hybridized carbons (Fsp3) is 0.833. The van der Waals surface area contributed by atoms with Crippen LogP contribution in [-0.4, -0.2) is 4.83 Å². The van der Waals surface area contributed by atoms with Crippen molar-refractivity contribution >= 4 is 31.9 Å². The monoisotopic (exact) mass is 241 g/mol. The molecule has 0 amide bonds. The minimum Gasteiger partial charge on any atom is -0.0878 e. The van der Waals surface area contributed by atoms with Gasteiger partial charge in [0.2, 0.25) is 0 Å². The van der Waals surface area contributed by atoms with E-state index in [1.807, 2.05) is 5.33 Å². The van der Waals surface area contributed by atoms with Crippen LogP contribution in [0.15, 0.2) is 0 Å². The maximum absolute atomic E-state index is 3.47. The SMILES string of the molecule is CC(C)CC(Br)[CH]Br. The van der Waals surface area contributed by atoms with E-state index in [9.17, 15) is 0 Å². The molecule has 0 aromatic rings. The van der Waals surface area contributed by atoms with Crippen LogP contribution in [0.25, 0.3) is 0 Å². The number of rotatable bonds is 3. The molecule has 0 aliphatic carbocycles. The summed E-state index contributed by atoms with van der Waals surface area (Å²) in [5, 5.41) is 1.99. The van der Waals surface area contributed by atoms with Crippen LogP contribution in [0, 0.1) is 11.2 Å². The van der Waals surface area contributed by atoms with E-state index in [4.69, 9.17) is 0 Å². The number of hydrogen-bond acceptors (Lipinski definition) is 0. The molecular formula is C6H11Br2. The Hall–Kier alpha value is 0.960. The van der Waals surface area contributed by atoms with Gasteiger partial charge in [-0.25, -0.2) is 0 Å². The minimum atomic E-state index is 0.530. The molecule has 0 aromatic carbocycles. The molecule has 0 aliphatic heterocycles. The second kappa shape index (κ2) is 4.80. The molecule has 0 heterocycles. The molecule has 0 fully saturated rings. The van der Waals surface area contributed by atoms with Crippen molar-refractivity contribution in [1.29, 1.82) is 0 Å². The Balaban J connectivity index is 3.10. The predicted octanol–water partition coefficient (Wildman–Crippen LogP) is 3.35. The van der Waals surface area contributed by atoms with E-state index in [-0.39, 0.29) is 0 Å². The number of halogens is 2. The Labute approximate surface area is 68.3 Å². The van der Waals surface area contributed by atoms with Gasteiger partial charge in [0, 0.05) is 10.2 Å². The van der Waals surface area contributed by atoms with Gasteiger partial charge in [-0.2, -0.15) is 0 Å². The Morgan fingerprint density at radius 3 is 2.12 bits per heavy atom. The van der Waals surface area contributed by atoms with Crippen LogP contribution in [0.2, 0.25) is 0 Å². The Morgan fingerprint density at radius 1 is 1.50 bits per heavy atom. The summed E-state index contributed by atoms with van der Waals surface area (Å²) < 4.78 is 0. The third-order valence-corrected chi connectivity index (χ3v) is 2.82. The van der Waals surface area contributed by atoms with Crippen molar-refractivity contribution in [2.45, 2.75) is 25.1 Å². The summed E-state index contributed by atoms with van der Waals surface area (Å²) in [4.78, 5) is 0.530. The van der Waals surface area contributed by atoms with Crippen molar-refractivity contribution in [2.24, 2.45) is 5.92 Å². The lowest BCUT2D eigenvalue weighted by Crippen LogP contribution is -1.99. The summed E-state index contributed by atoms with van der Waals surface area (Å²) in [6.07, 6.45) is 1.20. The second-order valence-electron chi connectivity index (χ2n) is 2.27. The molecule has 0 aromatic heterocycles. The average Bonchev–Trinajstić information content (AvgIpc) is 1.65. The van der Waals surface area contributed by atoms with Gasteiger partial charge in [0.15, 0.2) is 0 Å². The van der Waals surface area contributed by atoms with E-state index in [1.54, 1.807) is 0 Å². The zero-order valence-corrected chi connectivity index (χ0v) is 8.37. The van der Waals surface area contributed by atoms with E-state index in [1.165, 1.54) is 6.42 Å². The summed E-state index contributed by atoms with van der Waals surface area (Å²) in [6, 6.07) is 0. The molecule has 1 atom stereocenters. The summed E-state index contributed by atoms with van der Waals surface area (Å²) in [6.45, 7) is 4.43. The molecule has 0 spiro atoms. The van der Waals surface area contributed by atoms with E-state index in [0.29, 0.717) is 4.83 Å². The zero-order valence-electron chi connectivity index (χ0n) is 5.20. The first kappa shape index (κ1) is 8.96. The smallest absolute Gasteiger partial charge is 0.0407 e. The van der Waals surface area contributed by atoms with Crippen molar-refractivity contribution < 1.29 is 0 Å². The highest BCUT2D eigenvalue weighted by atomic mass is 79.9. The van der Waals surface area contributed by atoms with Crippen LogP contribution in [0.4, 0.5) is 0 Å². The Morgan fingerprint density at radius 2 is 2.00 bits per heavy atom. The van der Waals surface area contributed by atoms with Gasteiger partial charge >= 0.3 is 0 Å². The van der Waals surface area contributed by atoms with Crippen LogP contribution in [0.1, 0.15) is 20.3 Å². The molecule has 49 valence electrons. The lowest BCUT2D eigenvalue weighted by molar-refractivity contribution is 0.602. The summed E-state index contributed by atoms with van der Waals surface area (Å²) in [7, 11) is 0. The molecule has 0 aliphatic rings. The molecule has 1 radical (unpaired) electrons. The third kappa shape index (κ3) is 5.10. The van der Waals surface area contributed by atoms with E-state index >= 15 is 0 Å². The molecule has 0 nitrogen and oxygen atoms in total. The summed E-state index contributed by atoms with van der Waals surface area (Å²) in [5.41, 5.74) is 0. The molecule has 0 rings (SSSR count). The maximum Gasteiger partial charge on any atom is 0.0407 e. The van der Waals surface area contributed by atoms with Crippen LogP contribution < -0.4 is 0 Å². The maximum atomic E-state index is 3.47. The lowest BCUT2D eigenvalue weighted by Gasteiger charge is -2.06. The highest BCUT2D eigenvalue weighted by Gasteiger charge is 2.03.